The Morgan fingerprint density at radius 3 is 2.54 bits per heavy atom. The molecule has 0 saturated heterocycles. The number of ketones is 1. The Balaban J connectivity index is 2.57. The third-order valence-corrected chi connectivity index (χ3v) is 4.84. The minimum Gasteiger partial charge on any atom is -0.468 e. The van der Waals surface area contributed by atoms with Crippen molar-refractivity contribution in [3.8, 4) is 0 Å². The molecule has 0 spiro atoms. The molecule has 1 heterocycles. The topological polar surface area (TPSA) is 64.7 Å². The van der Waals surface area contributed by atoms with E-state index in [1.807, 2.05) is 32.0 Å². The summed E-state index contributed by atoms with van der Waals surface area (Å²) in [5, 5.41) is 0.546. The quantitative estimate of drug-likeness (QED) is 0.840. The van der Waals surface area contributed by atoms with Gasteiger partial charge < -0.3 is 10.5 Å². The minimum atomic E-state index is -1.01. The van der Waals surface area contributed by atoms with Gasteiger partial charge in [-0.1, -0.05) is 57.5 Å². The molecule has 1 aromatic rings. The van der Waals surface area contributed by atoms with E-state index in [0.717, 1.165) is 12.0 Å². The summed E-state index contributed by atoms with van der Waals surface area (Å²) >= 11 is 6.40. The molecule has 0 bridgehead atoms. The van der Waals surface area contributed by atoms with Crippen molar-refractivity contribution < 1.29 is 9.53 Å². The van der Waals surface area contributed by atoms with Crippen LogP contribution in [0.4, 0.5) is 0 Å². The Bertz CT molecular complexity index is 630. The second-order valence-electron chi connectivity index (χ2n) is 6.76. The number of nitrogens with two attached hydrogens (primary N) is 1. The third-order valence-electron chi connectivity index (χ3n) is 4.51. The molecule has 0 saturated carbocycles. The second-order valence-corrected chi connectivity index (χ2v) is 7.17. The van der Waals surface area contributed by atoms with Crippen molar-refractivity contribution in [1.82, 2.24) is 0 Å². The average Bonchev–Trinajstić information content (AvgIpc) is 2.55. The van der Waals surface area contributed by atoms with Crippen molar-refractivity contribution in [2.24, 2.45) is 16.6 Å². The van der Waals surface area contributed by atoms with Gasteiger partial charge in [0.05, 0.1) is 6.04 Å². The predicted octanol–water partition coefficient (Wildman–Crippen LogP) is 4.10. The zero-order chi connectivity index (χ0) is 17.9. The van der Waals surface area contributed by atoms with E-state index in [1.54, 1.807) is 6.07 Å². The maximum Gasteiger partial charge on any atom is 0.205 e. The van der Waals surface area contributed by atoms with Gasteiger partial charge in [0.25, 0.3) is 0 Å². The summed E-state index contributed by atoms with van der Waals surface area (Å²) in [6, 6.07) is 7.08. The molecule has 1 aliphatic heterocycles. The summed E-state index contributed by atoms with van der Waals surface area (Å²) in [5.74, 6) is 0.846. The van der Waals surface area contributed by atoms with E-state index in [0.29, 0.717) is 29.7 Å². The highest BCUT2D eigenvalue weighted by atomic mass is 35.5. The molecule has 0 aromatic heterocycles. The maximum absolute atomic E-state index is 13.1. The van der Waals surface area contributed by atoms with Crippen molar-refractivity contribution in [3.63, 3.8) is 0 Å². The van der Waals surface area contributed by atoms with Crippen LogP contribution in [0.2, 0.25) is 5.02 Å². The van der Waals surface area contributed by atoms with E-state index in [1.165, 1.54) is 0 Å². The largest absolute Gasteiger partial charge is 0.468 e. The molecule has 0 radical (unpaired) electrons. The van der Waals surface area contributed by atoms with E-state index in [4.69, 9.17) is 27.1 Å². The Morgan fingerprint density at radius 2 is 2.00 bits per heavy atom. The lowest BCUT2D eigenvalue weighted by Gasteiger charge is -2.38. The first-order chi connectivity index (χ1) is 11.4. The lowest BCUT2D eigenvalue weighted by atomic mass is 9.80. The van der Waals surface area contributed by atoms with Gasteiger partial charge in [0.1, 0.15) is 0 Å². The van der Waals surface area contributed by atoms with Crippen molar-refractivity contribution in [3.05, 3.63) is 34.9 Å². The van der Waals surface area contributed by atoms with Crippen LogP contribution in [0.3, 0.4) is 0 Å². The van der Waals surface area contributed by atoms with Crippen molar-refractivity contribution in [2.45, 2.75) is 64.6 Å². The molecule has 24 heavy (non-hydrogen) atoms. The highest BCUT2D eigenvalue weighted by molar-refractivity contribution is 6.32. The number of Topliss-reactive ketones (excluding diaryl/α,β-unsaturated/α-hetero) is 1. The van der Waals surface area contributed by atoms with Gasteiger partial charge in [0.2, 0.25) is 11.7 Å². The van der Waals surface area contributed by atoms with Gasteiger partial charge >= 0.3 is 0 Å². The number of halogens is 1. The van der Waals surface area contributed by atoms with E-state index < -0.39 is 11.6 Å². The molecular formula is C19H27ClN2O2. The Labute approximate surface area is 149 Å². The highest BCUT2D eigenvalue weighted by Crippen LogP contribution is 2.40. The van der Waals surface area contributed by atoms with Crippen LogP contribution in [0.25, 0.3) is 0 Å². The minimum absolute atomic E-state index is 0.0407. The summed E-state index contributed by atoms with van der Waals surface area (Å²) in [6.07, 6.45) is 1.32. The second kappa shape index (κ2) is 7.66. The number of carbonyl (C=O) groups excluding carboxylic acids is 1. The molecule has 2 N–H and O–H groups in total. The molecular weight excluding hydrogens is 324 g/mol. The number of nitrogens with zero attached hydrogens (tertiary/aromatic N) is 1. The number of rotatable bonds is 6. The van der Waals surface area contributed by atoms with Gasteiger partial charge in [-0.05, 0) is 31.2 Å². The van der Waals surface area contributed by atoms with Crippen LogP contribution in [0, 0.1) is 5.92 Å². The Hall–Kier alpha value is -1.39. The van der Waals surface area contributed by atoms with Crippen LogP contribution in [0.1, 0.15) is 52.5 Å². The zero-order valence-corrected chi connectivity index (χ0v) is 15.6. The molecule has 4 nitrogen and oxygen atoms in total. The molecule has 1 aromatic carbocycles. The molecule has 0 amide bonds. The van der Waals surface area contributed by atoms with Gasteiger partial charge in [-0.15, -0.1) is 0 Å². The van der Waals surface area contributed by atoms with Crippen LogP contribution < -0.4 is 5.73 Å². The Morgan fingerprint density at radius 1 is 1.33 bits per heavy atom. The monoisotopic (exact) mass is 350 g/mol. The Kier molecular flexibility index (Phi) is 6.05. The van der Waals surface area contributed by atoms with Gasteiger partial charge in [-0.3, -0.25) is 4.79 Å². The molecule has 5 heteroatoms. The predicted molar refractivity (Wildman–Crippen MR) is 98.5 cm³/mol. The van der Waals surface area contributed by atoms with Crippen LogP contribution in [0.15, 0.2) is 29.3 Å². The molecule has 132 valence electrons. The fourth-order valence-corrected chi connectivity index (χ4v) is 3.51. The first-order valence-corrected chi connectivity index (χ1v) is 9.04. The smallest absolute Gasteiger partial charge is 0.205 e. The number of hydrogen-bond acceptors (Lipinski definition) is 4. The number of aliphatic imine (C=N–C) groups is 1. The zero-order valence-electron chi connectivity index (χ0n) is 14.9. The first-order valence-electron chi connectivity index (χ1n) is 8.67. The number of hydrogen-bond donors (Lipinski definition) is 1. The van der Waals surface area contributed by atoms with E-state index in [-0.39, 0.29) is 11.8 Å². The summed E-state index contributed by atoms with van der Waals surface area (Å²) in [5.41, 5.74) is 6.02. The SMILES string of the molecule is CCC1OC([C@@H](N)CC(C)C)=NC(CC)(c2ccccc2Cl)C1=O. The summed E-state index contributed by atoms with van der Waals surface area (Å²) in [4.78, 5) is 17.9. The van der Waals surface area contributed by atoms with Crippen molar-refractivity contribution in [1.29, 1.82) is 0 Å². The summed E-state index contributed by atoms with van der Waals surface area (Å²) < 4.78 is 5.86. The number of benzene rings is 1. The maximum atomic E-state index is 13.1. The van der Waals surface area contributed by atoms with Crippen LogP contribution in [0.5, 0.6) is 0 Å². The normalized spacial score (nSPS) is 25.4. The first kappa shape index (κ1) is 18.9. The molecule has 0 aliphatic carbocycles. The van der Waals surface area contributed by atoms with Crippen molar-refractivity contribution >= 4 is 23.3 Å². The standard InChI is InChI=1S/C19H27ClN2O2/c1-5-16-17(23)19(6-2,13-9-7-8-10-14(13)20)22-18(24-16)15(21)11-12(3)4/h7-10,12,15-16H,5-6,11,21H2,1-4H3/t15-,16?,19?/m0/s1. The number of ether oxygens (including phenoxy) is 1. The third kappa shape index (κ3) is 3.50. The van der Waals surface area contributed by atoms with E-state index in [2.05, 4.69) is 13.8 Å². The lowest BCUT2D eigenvalue weighted by Crippen LogP contribution is -2.51. The molecule has 2 rings (SSSR count). The fraction of sp³-hybridized carbons (Fsp3) is 0.579. The van der Waals surface area contributed by atoms with E-state index in [9.17, 15) is 4.79 Å². The van der Waals surface area contributed by atoms with E-state index >= 15 is 0 Å². The summed E-state index contributed by atoms with van der Waals surface area (Å²) in [6.45, 7) is 8.10. The molecule has 3 atom stereocenters. The van der Waals surface area contributed by atoms with Gasteiger partial charge in [-0.2, -0.15) is 0 Å². The average molecular weight is 351 g/mol. The van der Waals surface area contributed by atoms with Crippen LogP contribution in [-0.4, -0.2) is 23.8 Å². The van der Waals surface area contributed by atoms with Crippen LogP contribution >= 0.6 is 11.6 Å². The molecule has 0 fully saturated rings. The van der Waals surface area contributed by atoms with Gasteiger partial charge in [0, 0.05) is 10.6 Å². The fourth-order valence-electron chi connectivity index (χ4n) is 3.22. The molecule has 2 unspecified atom stereocenters. The van der Waals surface area contributed by atoms with Gasteiger partial charge in [0.15, 0.2) is 11.6 Å². The van der Waals surface area contributed by atoms with Crippen LogP contribution in [-0.2, 0) is 15.1 Å². The van der Waals surface area contributed by atoms with Crippen molar-refractivity contribution in [2.75, 3.05) is 0 Å². The highest BCUT2D eigenvalue weighted by Gasteiger charge is 2.48. The summed E-state index contributed by atoms with van der Waals surface area (Å²) in [7, 11) is 0. The number of carbonyl (C=O) groups is 1. The molecule has 1 aliphatic rings. The lowest BCUT2D eigenvalue weighted by molar-refractivity contribution is -0.134. The van der Waals surface area contributed by atoms with Gasteiger partial charge in [-0.25, -0.2) is 4.99 Å².